The second-order valence-corrected chi connectivity index (χ2v) is 2.86. The number of nitrogens with zero attached hydrogens (tertiary/aromatic N) is 2. The summed E-state index contributed by atoms with van der Waals surface area (Å²) in [7, 11) is 0. The third-order valence-corrected chi connectivity index (χ3v) is 1.44. The van der Waals surface area contributed by atoms with E-state index in [-0.39, 0.29) is 18.2 Å². The van der Waals surface area contributed by atoms with E-state index in [1.807, 2.05) is 0 Å². The van der Waals surface area contributed by atoms with E-state index in [0.717, 1.165) is 12.4 Å². The van der Waals surface area contributed by atoms with Gasteiger partial charge in [-0.1, -0.05) is 0 Å². The predicted octanol–water partition coefficient (Wildman–Crippen LogP) is 1.01. The first-order chi connectivity index (χ1) is 7.87. The highest BCUT2D eigenvalue weighted by molar-refractivity contribution is 5.64. The number of aromatic nitrogens is 2. The second-order valence-electron chi connectivity index (χ2n) is 2.86. The van der Waals surface area contributed by atoms with Gasteiger partial charge < -0.3 is 15.2 Å². The van der Waals surface area contributed by atoms with Crippen molar-refractivity contribution in [1.29, 1.82) is 0 Å². The van der Waals surface area contributed by atoms with Crippen LogP contribution in [-0.2, 0) is 11.3 Å². The van der Waals surface area contributed by atoms with Crippen molar-refractivity contribution in [2.75, 3.05) is 6.61 Å². The highest BCUT2D eigenvalue weighted by Gasteiger charge is 2.28. The molecule has 0 fully saturated rings. The SMILES string of the molecule is NC(=O)OCc1cc(OCC(F)(F)F)ncn1. The van der Waals surface area contributed by atoms with Gasteiger partial charge in [0.15, 0.2) is 6.61 Å². The first-order valence-corrected chi connectivity index (χ1v) is 4.29. The lowest BCUT2D eigenvalue weighted by Crippen LogP contribution is -2.20. The smallest absolute Gasteiger partial charge is 0.422 e. The molecule has 1 aromatic heterocycles. The summed E-state index contributed by atoms with van der Waals surface area (Å²) in [6.45, 7) is -1.72. The number of alkyl halides is 3. The largest absolute Gasteiger partial charge is 0.468 e. The van der Waals surface area contributed by atoms with Crippen molar-refractivity contribution in [3.63, 3.8) is 0 Å². The molecule has 2 N–H and O–H groups in total. The molecule has 6 nitrogen and oxygen atoms in total. The van der Waals surface area contributed by atoms with Gasteiger partial charge in [-0.2, -0.15) is 13.2 Å². The molecule has 0 aliphatic heterocycles. The van der Waals surface area contributed by atoms with Gasteiger partial charge in [0.05, 0.1) is 5.69 Å². The summed E-state index contributed by atoms with van der Waals surface area (Å²) in [6.07, 6.45) is -4.47. The number of amides is 1. The Balaban J connectivity index is 2.56. The molecule has 1 amide bonds. The lowest BCUT2D eigenvalue weighted by molar-refractivity contribution is -0.154. The Morgan fingerprint density at radius 3 is 2.71 bits per heavy atom. The summed E-state index contributed by atoms with van der Waals surface area (Å²) in [5, 5.41) is 0. The number of hydrogen-bond donors (Lipinski definition) is 1. The average Bonchev–Trinajstić information content (AvgIpc) is 2.23. The van der Waals surface area contributed by atoms with Crippen LogP contribution < -0.4 is 10.5 Å². The van der Waals surface area contributed by atoms with Crippen molar-refractivity contribution in [1.82, 2.24) is 9.97 Å². The zero-order chi connectivity index (χ0) is 12.9. The zero-order valence-corrected chi connectivity index (χ0v) is 8.40. The number of carbonyl (C=O) groups is 1. The fraction of sp³-hybridized carbons (Fsp3) is 0.375. The Bertz CT molecular complexity index is 397. The van der Waals surface area contributed by atoms with E-state index in [4.69, 9.17) is 5.73 Å². The van der Waals surface area contributed by atoms with Crippen LogP contribution in [0.2, 0.25) is 0 Å². The summed E-state index contributed by atoms with van der Waals surface area (Å²) < 4.78 is 44.3. The van der Waals surface area contributed by atoms with Crippen LogP contribution in [0.3, 0.4) is 0 Å². The fourth-order valence-electron chi connectivity index (χ4n) is 0.836. The Morgan fingerprint density at radius 2 is 2.12 bits per heavy atom. The van der Waals surface area contributed by atoms with E-state index >= 15 is 0 Å². The van der Waals surface area contributed by atoms with Crippen LogP contribution in [0.15, 0.2) is 12.4 Å². The maximum absolute atomic E-state index is 11.8. The lowest BCUT2D eigenvalue weighted by Gasteiger charge is -2.08. The minimum absolute atomic E-state index is 0.177. The standard InChI is InChI=1S/C8H8F3N3O3/c9-8(10,11)3-17-6-1-5(13-4-14-6)2-16-7(12)15/h1,4H,2-3H2,(H2,12,15). The number of rotatable bonds is 4. The van der Waals surface area contributed by atoms with Crippen molar-refractivity contribution in [3.05, 3.63) is 18.1 Å². The Labute approximate surface area is 93.6 Å². The molecule has 0 bridgehead atoms. The molecule has 0 aliphatic carbocycles. The third-order valence-electron chi connectivity index (χ3n) is 1.44. The average molecular weight is 251 g/mol. The van der Waals surface area contributed by atoms with Crippen LogP contribution in [0.5, 0.6) is 5.88 Å². The lowest BCUT2D eigenvalue weighted by atomic mass is 10.4. The number of ether oxygens (including phenoxy) is 2. The van der Waals surface area contributed by atoms with Gasteiger partial charge in [0, 0.05) is 6.07 Å². The van der Waals surface area contributed by atoms with Gasteiger partial charge in [-0.15, -0.1) is 0 Å². The maximum Gasteiger partial charge on any atom is 0.422 e. The minimum atomic E-state index is -4.45. The van der Waals surface area contributed by atoms with Gasteiger partial charge in [-0.25, -0.2) is 14.8 Å². The van der Waals surface area contributed by atoms with Gasteiger partial charge in [-0.3, -0.25) is 0 Å². The summed E-state index contributed by atoms with van der Waals surface area (Å²) in [5.41, 5.74) is 4.89. The van der Waals surface area contributed by atoms with Crippen LogP contribution in [0.4, 0.5) is 18.0 Å². The predicted molar refractivity (Wildman–Crippen MR) is 48.0 cm³/mol. The zero-order valence-electron chi connectivity index (χ0n) is 8.40. The monoisotopic (exact) mass is 251 g/mol. The van der Waals surface area contributed by atoms with E-state index in [2.05, 4.69) is 19.4 Å². The molecular formula is C8H8F3N3O3. The van der Waals surface area contributed by atoms with Crippen LogP contribution in [0.25, 0.3) is 0 Å². The number of carbonyl (C=O) groups excluding carboxylic acids is 1. The number of nitrogens with two attached hydrogens (primary N) is 1. The molecule has 17 heavy (non-hydrogen) atoms. The molecule has 1 rings (SSSR count). The minimum Gasteiger partial charge on any atom is -0.468 e. The number of primary amides is 1. The van der Waals surface area contributed by atoms with Crippen LogP contribution >= 0.6 is 0 Å². The summed E-state index contributed by atoms with van der Waals surface area (Å²) in [5.74, 6) is -0.264. The first-order valence-electron chi connectivity index (χ1n) is 4.29. The van der Waals surface area contributed by atoms with Crippen molar-refractivity contribution in [3.8, 4) is 5.88 Å². The molecular weight excluding hydrogens is 243 g/mol. The quantitative estimate of drug-likeness (QED) is 0.862. The highest BCUT2D eigenvalue weighted by Crippen LogP contribution is 2.17. The van der Waals surface area contributed by atoms with E-state index in [9.17, 15) is 18.0 Å². The first kappa shape index (κ1) is 13.0. The molecule has 0 radical (unpaired) electrons. The van der Waals surface area contributed by atoms with Gasteiger partial charge >= 0.3 is 12.3 Å². The Hall–Kier alpha value is -2.06. The van der Waals surface area contributed by atoms with Gasteiger partial charge in [0.25, 0.3) is 0 Å². The van der Waals surface area contributed by atoms with E-state index in [0.29, 0.717) is 0 Å². The normalized spacial score (nSPS) is 11.0. The second kappa shape index (κ2) is 5.32. The number of halogens is 3. The van der Waals surface area contributed by atoms with Gasteiger partial charge in [0.1, 0.15) is 12.9 Å². The molecule has 0 atom stereocenters. The van der Waals surface area contributed by atoms with Crippen LogP contribution in [0, 0.1) is 0 Å². The van der Waals surface area contributed by atoms with Crippen molar-refractivity contribution < 1.29 is 27.4 Å². The summed E-state index contributed by atoms with van der Waals surface area (Å²) in [4.78, 5) is 17.4. The molecule has 1 heterocycles. The Morgan fingerprint density at radius 1 is 1.41 bits per heavy atom. The van der Waals surface area contributed by atoms with E-state index in [1.54, 1.807) is 0 Å². The molecule has 0 aromatic carbocycles. The molecule has 9 heteroatoms. The van der Waals surface area contributed by atoms with E-state index < -0.39 is 18.9 Å². The molecule has 0 unspecified atom stereocenters. The van der Waals surface area contributed by atoms with Gasteiger partial charge in [-0.05, 0) is 0 Å². The molecule has 0 saturated heterocycles. The summed E-state index contributed by atoms with van der Waals surface area (Å²) in [6, 6.07) is 1.12. The molecule has 94 valence electrons. The number of hydrogen-bond acceptors (Lipinski definition) is 5. The van der Waals surface area contributed by atoms with E-state index in [1.165, 1.54) is 0 Å². The third kappa shape index (κ3) is 5.54. The Kier molecular flexibility index (Phi) is 4.07. The molecule has 0 spiro atoms. The summed E-state index contributed by atoms with van der Waals surface area (Å²) >= 11 is 0. The molecule has 0 aliphatic rings. The van der Waals surface area contributed by atoms with Crippen molar-refractivity contribution >= 4 is 6.09 Å². The molecule has 1 aromatic rings. The topological polar surface area (TPSA) is 87.3 Å². The van der Waals surface area contributed by atoms with Crippen LogP contribution in [-0.4, -0.2) is 28.8 Å². The maximum atomic E-state index is 11.8. The van der Waals surface area contributed by atoms with Crippen LogP contribution in [0.1, 0.15) is 5.69 Å². The van der Waals surface area contributed by atoms with Crippen molar-refractivity contribution in [2.45, 2.75) is 12.8 Å². The highest BCUT2D eigenvalue weighted by atomic mass is 19.4. The van der Waals surface area contributed by atoms with Crippen molar-refractivity contribution in [2.24, 2.45) is 5.73 Å². The molecule has 0 saturated carbocycles. The fourth-order valence-corrected chi connectivity index (χ4v) is 0.836. The van der Waals surface area contributed by atoms with Gasteiger partial charge in [0.2, 0.25) is 5.88 Å².